The van der Waals surface area contributed by atoms with Crippen LogP contribution in [-0.2, 0) is 9.53 Å². The predicted octanol–water partition coefficient (Wildman–Crippen LogP) is 1.15. The molecular weight excluding hydrogens is 213 g/mol. The van der Waals surface area contributed by atoms with E-state index in [0.717, 1.165) is 0 Å². The number of hydrogen-bond donors (Lipinski definition) is 1. The van der Waals surface area contributed by atoms with Crippen molar-refractivity contribution in [2.75, 3.05) is 7.11 Å². The largest absolute Gasteiger partial charge is 0.478 e. The molecule has 1 heterocycles. The maximum atomic E-state index is 13.0. The fourth-order valence-corrected chi connectivity index (χ4v) is 1.75. The van der Waals surface area contributed by atoms with Crippen LogP contribution in [0.1, 0.15) is 18.0 Å². The number of carbonyl (C=O) groups is 1. The first-order chi connectivity index (χ1) is 7.61. The summed E-state index contributed by atoms with van der Waals surface area (Å²) in [5.74, 6) is -0.393. The van der Waals surface area contributed by atoms with Crippen LogP contribution in [0.25, 0.3) is 0 Å². The molecule has 0 radical (unpaired) electrons. The number of hydrogen-bond acceptors (Lipinski definition) is 4. The van der Waals surface area contributed by atoms with E-state index in [9.17, 15) is 9.18 Å². The van der Waals surface area contributed by atoms with Crippen molar-refractivity contribution in [3.8, 4) is 5.75 Å². The highest BCUT2D eigenvalue weighted by atomic mass is 19.1. The van der Waals surface area contributed by atoms with Gasteiger partial charge in [-0.2, -0.15) is 0 Å². The lowest BCUT2D eigenvalue weighted by Gasteiger charge is -2.28. The Balaban J connectivity index is 2.30. The van der Waals surface area contributed by atoms with Crippen molar-refractivity contribution in [2.45, 2.75) is 18.6 Å². The van der Waals surface area contributed by atoms with E-state index in [-0.39, 0.29) is 5.82 Å². The molecule has 1 aliphatic rings. The number of benzene rings is 1. The molecule has 86 valence electrons. The second-order valence-electron chi connectivity index (χ2n) is 3.65. The number of nitrogens with two attached hydrogens (primary N) is 1. The normalized spacial score (nSPS) is 23.2. The minimum Gasteiger partial charge on any atom is -0.478 e. The van der Waals surface area contributed by atoms with Crippen molar-refractivity contribution in [1.29, 1.82) is 0 Å². The number of halogens is 1. The molecule has 0 saturated heterocycles. The number of methoxy groups -OCH3 is 1. The van der Waals surface area contributed by atoms with Gasteiger partial charge >= 0.3 is 5.97 Å². The van der Waals surface area contributed by atoms with Gasteiger partial charge in [0.15, 0.2) is 6.10 Å². The van der Waals surface area contributed by atoms with Gasteiger partial charge in [0.25, 0.3) is 0 Å². The van der Waals surface area contributed by atoms with Gasteiger partial charge in [0, 0.05) is 18.0 Å². The van der Waals surface area contributed by atoms with Crippen LogP contribution >= 0.6 is 0 Å². The van der Waals surface area contributed by atoms with Gasteiger partial charge in [-0.3, -0.25) is 0 Å². The number of rotatable bonds is 1. The van der Waals surface area contributed by atoms with Crippen LogP contribution in [0.15, 0.2) is 18.2 Å². The number of carbonyl (C=O) groups excluding carboxylic acids is 1. The van der Waals surface area contributed by atoms with Crippen LogP contribution in [0, 0.1) is 5.82 Å². The predicted molar refractivity (Wildman–Crippen MR) is 54.4 cm³/mol. The molecule has 0 amide bonds. The van der Waals surface area contributed by atoms with Crippen molar-refractivity contribution >= 4 is 5.97 Å². The summed E-state index contributed by atoms with van der Waals surface area (Å²) >= 11 is 0. The Kier molecular flexibility index (Phi) is 2.78. The van der Waals surface area contributed by atoms with Gasteiger partial charge in [-0.1, -0.05) is 0 Å². The molecule has 1 aromatic carbocycles. The molecule has 0 spiro atoms. The van der Waals surface area contributed by atoms with Gasteiger partial charge in [-0.15, -0.1) is 0 Å². The zero-order valence-corrected chi connectivity index (χ0v) is 8.77. The highest BCUT2D eigenvalue weighted by Crippen LogP contribution is 2.33. The molecule has 4 nitrogen and oxygen atoms in total. The Labute approximate surface area is 92.1 Å². The minimum atomic E-state index is -0.710. The molecule has 0 unspecified atom stereocenters. The fourth-order valence-electron chi connectivity index (χ4n) is 1.75. The second kappa shape index (κ2) is 4.09. The van der Waals surface area contributed by atoms with Crippen molar-refractivity contribution in [3.05, 3.63) is 29.6 Å². The highest BCUT2D eigenvalue weighted by Gasteiger charge is 2.31. The lowest BCUT2D eigenvalue weighted by molar-refractivity contribution is -0.149. The molecule has 1 aliphatic heterocycles. The molecule has 2 rings (SSSR count). The molecule has 5 heteroatoms. The van der Waals surface area contributed by atoms with Gasteiger partial charge in [-0.25, -0.2) is 9.18 Å². The molecule has 0 aliphatic carbocycles. The Morgan fingerprint density at radius 3 is 3.06 bits per heavy atom. The molecular formula is C11H12FNO3. The molecule has 2 N–H and O–H groups in total. The van der Waals surface area contributed by atoms with E-state index in [0.29, 0.717) is 17.7 Å². The zero-order chi connectivity index (χ0) is 11.7. The summed E-state index contributed by atoms with van der Waals surface area (Å²) in [4.78, 5) is 11.3. The molecule has 1 aromatic rings. The molecule has 2 atom stereocenters. The van der Waals surface area contributed by atoms with E-state index in [2.05, 4.69) is 4.74 Å². The van der Waals surface area contributed by atoms with Gasteiger partial charge in [0.2, 0.25) is 0 Å². The maximum absolute atomic E-state index is 13.0. The van der Waals surface area contributed by atoms with Gasteiger partial charge in [-0.05, 0) is 18.2 Å². The summed E-state index contributed by atoms with van der Waals surface area (Å²) in [6, 6.07) is 3.65. The summed E-state index contributed by atoms with van der Waals surface area (Å²) in [6.45, 7) is 0. The Bertz CT molecular complexity index is 422. The van der Waals surface area contributed by atoms with Crippen molar-refractivity contribution in [2.24, 2.45) is 5.73 Å². The Hall–Kier alpha value is -1.62. The van der Waals surface area contributed by atoms with Gasteiger partial charge in [0.1, 0.15) is 11.6 Å². The molecule has 0 saturated carbocycles. The van der Waals surface area contributed by atoms with Gasteiger partial charge < -0.3 is 15.2 Å². The first-order valence-electron chi connectivity index (χ1n) is 4.91. The number of fused-ring (bicyclic) bond motifs is 1. The number of ether oxygens (including phenoxy) is 2. The van der Waals surface area contributed by atoms with Crippen LogP contribution in [0.4, 0.5) is 4.39 Å². The van der Waals surface area contributed by atoms with E-state index in [1.54, 1.807) is 0 Å². The molecule has 0 fully saturated rings. The highest BCUT2D eigenvalue weighted by molar-refractivity contribution is 5.75. The van der Waals surface area contributed by atoms with Crippen molar-refractivity contribution in [3.63, 3.8) is 0 Å². The molecule has 0 bridgehead atoms. The molecule has 0 aromatic heterocycles. The SMILES string of the molecule is COC(=O)[C@H]1C[C@@H](N)c2cc(F)ccc2O1. The third kappa shape index (κ3) is 1.86. The quantitative estimate of drug-likeness (QED) is 0.728. The monoisotopic (exact) mass is 225 g/mol. The van der Waals surface area contributed by atoms with Crippen LogP contribution < -0.4 is 10.5 Å². The summed E-state index contributed by atoms with van der Waals surface area (Å²) in [5.41, 5.74) is 6.43. The van der Waals surface area contributed by atoms with Crippen LogP contribution in [0.2, 0.25) is 0 Å². The standard InChI is InChI=1S/C11H12FNO3/c1-15-11(14)10-5-8(13)7-4-6(12)2-3-9(7)16-10/h2-4,8,10H,5,13H2,1H3/t8-,10-/m1/s1. The Morgan fingerprint density at radius 1 is 1.62 bits per heavy atom. The van der Waals surface area contributed by atoms with Crippen LogP contribution in [0.5, 0.6) is 5.75 Å². The minimum absolute atomic E-state index is 0.295. The number of esters is 1. The Morgan fingerprint density at radius 2 is 2.38 bits per heavy atom. The topological polar surface area (TPSA) is 61.5 Å². The summed E-state index contributed by atoms with van der Waals surface area (Å²) in [7, 11) is 1.29. The lowest BCUT2D eigenvalue weighted by atomic mass is 9.97. The van der Waals surface area contributed by atoms with Crippen LogP contribution in [-0.4, -0.2) is 19.2 Å². The smallest absolute Gasteiger partial charge is 0.347 e. The van der Waals surface area contributed by atoms with E-state index in [1.807, 2.05) is 0 Å². The van der Waals surface area contributed by atoms with Crippen molar-refractivity contribution in [1.82, 2.24) is 0 Å². The fraction of sp³-hybridized carbons (Fsp3) is 0.364. The van der Waals surface area contributed by atoms with Crippen molar-refractivity contribution < 1.29 is 18.7 Å². The first-order valence-corrected chi connectivity index (χ1v) is 4.91. The third-order valence-electron chi connectivity index (χ3n) is 2.57. The molecule has 16 heavy (non-hydrogen) atoms. The summed E-state index contributed by atoms with van der Waals surface area (Å²) in [5, 5.41) is 0. The average molecular weight is 225 g/mol. The maximum Gasteiger partial charge on any atom is 0.347 e. The van der Waals surface area contributed by atoms with Crippen LogP contribution in [0.3, 0.4) is 0 Å². The summed E-state index contributed by atoms with van der Waals surface area (Å²) < 4.78 is 23.0. The zero-order valence-electron chi connectivity index (χ0n) is 8.77. The van der Waals surface area contributed by atoms with E-state index in [1.165, 1.54) is 25.3 Å². The third-order valence-corrected chi connectivity index (χ3v) is 2.57. The van der Waals surface area contributed by atoms with E-state index < -0.39 is 18.1 Å². The van der Waals surface area contributed by atoms with Gasteiger partial charge in [0.05, 0.1) is 7.11 Å². The average Bonchev–Trinajstić information content (AvgIpc) is 2.28. The first kappa shape index (κ1) is 10.9. The second-order valence-corrected chi connectivity index (χ2v) is 3.65. The lowest BCUT2D eigenvalue weighted by Crippen LogP contribution is -2.36. The summed E-state index contributed by atoms with van der Waals surface area (Å²) in [6.07, 6.45) is -0.415. The van der Waals surface area contributed by atoms with E-state index >= 15 is 0 Å². The van der Waals surface area contributed by atoms with E-state index in [4.69, 9.17) is 10.5 Å².